The molecule has 0 aliphatic rings. The van der Waals surface area contributed by atoms with Gasteiger partial charge in [-0.15, -0.1) is 41.3 Å². The molecule has 0 bridgehead atoms. The smallest absolute Gasteiger partial charge is 0.0798 e. The Hall–Kier alpha value is -6.01. The number of para-hydroxylation sites is 2. The molecule has 1 radical (unpaired) electrons. The molecule has 0 saturated heterocycles. The van der Waals surface area contributed by atoms with Crippen LogP contribution in [0.2, 0.25) is 19.6 Å². The first-order valence-electron chi connectivity index (χ1n) is 24.1. The normalized spacial score (nSPS) is 11.6. The van der Waals surface area contributed by atoms with E-state index >= 15 is 0 Å². The monoisotopic (exact) mass is 1110 g/mol. The number of benzene rings is 7. The number of hydrogen-bond acceptors (Lipinski definition) is 3. The van der Waals surface area contributed by atoms with Crippen LogP contribution in [0.25, 0.3) is 82.8 Å². The Morgan fingerprint density at radius 3 is 1.75 bits per heavy atom. The van der Waals surface area contributed by atoms with E-state index < -0.39 is 8.07 Å². The van der Waals surface area contributed by atoms with Crippen LogP contribution in [-0.2, 0) is 26.5 Å². The molecule has 0 N–H and O–H groups in total. The summed E-state index contributed by atoms with van der Waals surface area (Å²) in [5.74, 6) is 2.23. The molecular weight excluding hydrogens is 1050 g/mol. The number of hydrogen-bond donors (Lipinski definition) is 0. The van der Waals surface area contributed by atoms with Gasteiger partial charge >= 0.3 is 0 Å². The Kier molecular flexibility index (Phi) is 15.3. The molecule has 6 heteroatoms. The molecule has 10 rings (SSSR count). The van der Waals surface area contributed by atoms with Gasteiger partial charge in [0.25, 0.3) is 0 Å². The van der Waals surface area contributed by atoms with Crippen molar-refractivity contribution in [2.75, 3.05) is 0 Å². The van der Waals surface area contributed by atoms with Crippen LogP contribution >= 0.6 is 11.3 Å². The molecule has 0 atom stereocenters. The first-order valence-corrected chi connectivity index (χ1v) is 28.4. The van der Waals surface area contributed by atoms with E-state index in [1.807, 2.05) is 18.2 Å². The molecule has 10 aromatic rings. The molecule has 0 unspecified atom stereocenters. The van der Waals surface area contributed by atoms with Crippen molar-refractivity contribution < 1.29 is 20.1 Å². The fourth-order valence-corrected chi connectivity index (χ4v) is 11.7. The zero-order chi connectivity index (χ0) is 47.5. The summed E-state index contributed by atoms with van der Waals surface area (Å²) in [6.45, 7) is 20.9. The predicted molar refractivity (Wildman–Crippen MR) is 295 cm³/mol. The van der Waals surface area contributed by atoms with Crippen LogP contribution in [0, 0.1) is 17.4 Å². The van der Waals surface area contributed by atoms with Crippen molar-refractivity contribution in [3.63, 3.8) is 0 Å². The SMILES string of the molecule is CC(C)Cc1cc(-c2[c-]cccc2)ncc1[Si](C)(C)C.CC(C)c1cc(-c2ccccc2)cc(C(C)C)c1-n1c(-c2[c-]sc3ccc(-c4ccc(-c5ccccc5)cc4)cc23)nc2ccccc21.[Ir]. The van der Waals surface area contributed by atoms with Crippen molar-refractivity contribution in [1.82, 2.24) is 14.5 Å². The summed E-state index contributed by atoms with van der Waals surface area (Å²) in [6, 6.07) is 63.9. The van der Waals surface area contributed by atoms with Crippen molar-refractivity contribution >= 4 is 45.7 Å². The van der Waals surface area contributed by atoms with E-state index in [2.05, 4.69) is 240 Å². The molecule has 349 valence electrons. The molecule has 69 heavy (non-hydrogen) atoms. The molecule has 0 saturated carbocycles. The molecule has 3 heterocycles. The quantitative estimate of drug-likeness (QED) is 0.0954. The van der Waals surface area contributed by atoms with Crippen LogP contribution < -0.4 is 5.19 Å². The molecule has 0 spiro atoms. The van der Waals surface area contributed by atoms with E-state index in [4.69, 9.17) is 4.98 Å². The zero-order valence-corrected chi connectivity index (χ0v) is 45.5. The van der Waals surface area contributed by atoms with Crippen LogP contribution in [0.1, 0.15) is 70.1 Å². The Labute approximate surface area is 428 Å². The van der Waals surface area contributed by atoms with Gasteiger partial charge in [-0.05, 0) is 104 Å². The number of imidazole rings is 1. The third-order valence-corrected chi connectivity index (χ3v) is 15.7. The zero-order valence-electron chi connectivity index (χ0n) is 41.3. The van der Waals surface area contributed by atoms with E-state index in [0.717, 1.165) is 40.1 Å². The second-order valence-corrected chi connectivity index (χ2v) is 25.9. The maximum atomic E-state index is 5.35. The number of pyridine rings is 1. The van der Waals surface area contributed by atoms with Crippen LogP contribution in [0.3, 0.4) is 0 Å². The molecular formula is C63H61IrN3SSi-2. The number of rotatable bonds is 11. The summed E-state index contributed by atoms with van der Waals surface area (Å²) in [5, 5.41) is 6.37. The summed E-state index contributed by atoms with van der Waals surface area (Å²) in [7, 11) is -1.34. The maximum absolute atomic E-state index is 5.35. The van der Waals surface area contributed by atoms with Gasteiger partial charge in [-0.1, -0.05) is 204 Å². The molecule has 7 aromatic carbocycles. The molecule has 0 aliphatic heterocycles. The summed E-state index contributed by atoms with van der Waals surface area (Å²) >= 11 is 1.67. The van der Waals surface area contributed by atoms with Gasteiger partial charge in [0.1, 0.15) is 0 Å². The molecule has 3 aromatic heterocycles. The van der Waals surface area contributed by atoms with Gasteiger partial charge in [0.05, 0.1) is 24.9 Å². The van der Waals surface area contributed by atoms with Crippen molar-refractivity contribution in [1.29, 1.82) is 0 Å². The van der Waals surface area contributed by atoms with Crippen LogP contribution in [0.4, 0.5) is 0 Å². The van der Waals surface area contributed by atoms with Crippen LogP contribution in [0.15, 0.2) is 176 Å². The van der Waals surface area contributed by atoms with Crippen molar-refractivity contribution in [2.24, 2.45) is 5.92 Å². The maximum Gasteiger partial charge on any atom is 0.0798 e. The van der Waals surface area contributed by atoms with E-state index in [1.165, 1.54) is 71.0 Å². The van der Waals surface area contributed by atoms with E-state index in [-0.39, 0.29) is 20.1 Å². The van der Waals surface area contributed by atoms with Gasteiger partial charge in [-0.3, -0.25) is 16.3 Å². The first kappa shape index (κ1) is 49.4. The van der Waals surface area contributed by atoms with Gasteiger partial charge < -0.3 is 9.55 Å². The number of fused-ring (bicyclic) bond motifs is 2. The van der Waals surface area contributed by atoms with E-state index in [1.54, 1.807) is 11.3 Å². The van der Waals surface area contributed by atoms with Crippen molar-refractivity contribution in [2.45, 2.75) is 79.4 Å². The number of thiophene rings is 1. The Balaban J connectivity index is 0.000000257. The number of nitrogens with zero attached hydrogens (tertiary/aromatic N) is 3. The number of aromatic nitrogens is 3. The van der Waals surface area contributed by atoms with Gasteiger partial charge in [-0.25, -0.2) is 0 Å². The van der Waals surface area contributed by atoms with Crippen LogP contribution in [-0.4, -0.2) is 22.6 Å². The summed E-state index contributed by atoms with van der Waals surface area (Å²) in [6.07, 6.45) is 3.24. The van der Waals surface area contributed by atoms with E-state index in [9.17, 15) is 0 Å². The Morgan fingerprint density at radius 1 is 0.594 bits per heavy atom. The van der Waals surface area contributed by atoms with Gasteiger partial charge in [-0.2, -0.15) is 0 Å². The largest absolute Gasteiger partial charge is 0.333 e. The fraction of sp³-hybridized carbons (Fsp3) is 0.206. The second kappa shape index (κ2) is 21.3. The van der Waals surface area contributed by atoms with Gasteiger partial charge in [0, 0.05) is 32.0 Å². The van der Waals surface area contributed by atoms with E-state index in [0.29, 0.717) is 17.8 Å². The topological polar surface area (TPSA) is 30.7 Å². The minimum absolute atomic E-state index is 0. The summed E-state index contributed by atoms with van der Waals surface area (Å²) in [4.78, 5) is 10.0. The molecule has 0 fully saturated rings. The Bertz CT molecular complexity index is 3280. The molecule has 0 aliphatic carbocycles. The van der Waals surface area contributed by atoms with Crippen LogP contribution in [0.5, 0.6) is 0 Å². The third kappa shape index (κ3) is 10.8. The standard InChI is InChI=1S/C45H37N2S.C18H24NSi.Ir/c1-29(2)37-26-36(32-15-9-6-10-16-32)27-38(30(3)4)44(37)47-42-18-12-11-17-41(42)46-45(47)40-28-48-43-24-23-35(25-39(40)43)34-21-19-33(20-22-34)31-13-7-5-8-14-31;1-14(2)11-16-12-17(15-9-7-6-8-10-15)19-13-18(16)20(3,4)5;/h5-27,29-30H,1-4H3;6-9,12-14H,11H2,1-5H3;/q2*-1;. The summed E-state index contributed by atoms with van der Waals surface area (Å²) < 4.78 is 3.63. The second-order valence-electron chi connectivity index (χ2n) is 20.0. The minimum Gasteiger partial charge on any atom is -0.333 e. The summed E-state index contributed by atoms with van der Waals surface area (Å²) in [5.41, 5.74) is 18.0. The molecule has 3 nitrogen and oxygen atoms in total. The van der Waals surface area contributed by atoms with Crippen molar-refractivity contribution in [3.8, 4) is 61.7 Å². The third-order valence-electron chi connectivity index (χ3n) is 12.8. The average molecular weight is 1110 g/mol. The van der Waals surface area contributed by atoms with Gasteiger partial charge in [0.15, 0.2) is 0 Å². The minimum atomic E-state index is -1.34. The average Bonchev–Trinajstić information content (AvgIpc) is 3.95. The Morgan fingerprint density at radius 2 is 1.16 bits per heavy atom. The van der Waals surface area contributed by atoms with Crippen molar-refractivity contribution in [3.05, 3.63) is 204 Å². The van der Waals surface area contributed by atoms with Gasteiger partial charge in [0.2, 0.25) is 0 Å². The molecule has 0 amide bonds. The fourth-order valence-electron chi connectivity index (χ4n) is 9.32. The first-order chi connectivity index (χ1) is 32.8. The predicted octanol–water partition coefficient (Wildman–Crippen LogP) is 17.2.